The van der Waals surface area contributed by atoms with E-state index in [-0.39, 0.29) is 0 Å². The fourth-order valence-corrected chi connectivity index (χ4v) is 4.97. The van der Waals surface area contributed by atoms with E-state index in [1.807, 2.05) is 11.3 Å². The minimum absolute atomic E-state index is 0.789. The minimum Gasteiger partial charge on any atom is -0.356 e. The molecule has 0 bridgehead atoms. The van der Waals surface area contributed by atoms with Crippen molar-refractivity contribution in [3.8, 4) is 0 Å². The van der Waals surface area contributed by atoms with Gasteiger partial charge in [-0.2, -0.15) is 0 Å². The summed E-state index contributed by atoms with van der Waals surface area (Å²) in [5.41, 5.74) is 0. The third-order valence-corrected chi connectivity index (χ3v) is 6.57. The first-order valence-electron chi connectivity index (χ1n) is 9.07. The van der Waals surface area contributed by atoms with Crippen LogP contribution in [0.1, 0.15) is 43.9 Å². The normalized spacial score (nSPS) is 21.2. The lowest BCUT2D eigenvalue weighted by molar-refractivity contribution is 0.141. The van der Waals surface area contributed by atoms with E-state index >= 15 is 0 Å². The second-order valence-electron chi connectivity index (χ2n) is 6.80. The number of aryl methyl sites for hydroxylation is 1. The Bertz CT molecular complexity index is 654. The maximum absolute atomic E-state index is 4.62. The Kier molecular flexibility index (Phi) is 4.49. The van der Waals surface area contributed by atoms with Gasteiger partial charge < -0.3 is 9.80 Å². The van der Waals surface area contributed by atoms with Crippen molar-refractivity contribution in [1.29, 1.82) is 0 Å². The summed E-state index contributed by atoms with van der Waals surface area (Å²) >= 11 is 1.81. The molecular formula is C18H26N4S. The number of piperidine rings is 2. The summed E-state index contributed by atoms with van der Waals surface area (Å²) in [4.78, 5) is 16.9. The number of likely N-dealkylation sites (tertiary alicyclic amines) is 1. The average molecular weight is 331 g/mol. The van der Waals surface area contributed by atoms with E-state index in [1.54, 1.807) is 6.33 Å². The molecule has 0 amide bonds. The van der Waals surface area contributed by atoms with Gasteiger partial charge in [-0.05, 0) is 51.3 Å². The van der Waals surface area contributed by atoms with E-state index < -0.39 is 0 Å². The highest BCUT2D eigenvalue weighted by Crippen LogP contribution is 2.32. The largest absolute Gasteiger partial charge is 0.356 e. The summed E-state index contributed by atoms with van der Waals surface area (Å²) in [5.74, 6) is 1.16. The average Bonchev–Trinajstić information content (AvgIpc) is 3.06. The van der Waals surface area contributed by atoms with Gasteiger partial charge in [0.25, 0.3) is 0 Å². The van der Waals surface area contributed by atoms with Gasteiger partial charge in [-0.1, -0.05) is 13.3 Å². The number of rotatable bonds is 3. The van der Waals surface area contributed by atoms with Crippen LogP contribution in [0.25, 0.3) is 10.2 Å². The van der Waals surface area contributed by atoms with Crippen LogP contribution in [-0.2, 0) is 6.42 Å². The Hall–Kier alpha value is -1.20. The molecule has 23 heavy (non-hydrogen) atoms. The zero-order valence-electron chi connectivity index (χ0n) is 14.0. The van der Waals surface area contributed by atoms with E-state index in [2.05, 4.69) is 32.8 Å². The molecule has 4 heterocycles. The van der Waals surface area contributed by atoms with Crippen LogP contribution in [-0.4, -0.2) is 47.1 Å². The van der Waals surface area contributed by atoms with Gasteiger partial charge in [0.05, 0.1) is 5.39 Å². The number of hydrogen-bond donors (Lipinski definition) is 0. The first kappa shape index (κ1) is 15.3. The van der Waals surface area contributed by atoms with Crippen molar-refractivity contribution in [3.05, 3.63) is 17.3 Å². The monoisotopic (exact) mass is 330 g/mol. The molecule has 5 heteroatoms. The van der Waals surface area contributed by atoms with Gasteiger partial charge in [0, 0.05) is 24.0 Å². The van der Waals surface area contributed by atoms with Crippen LogP contribution in [0, 0.1) is 0 Å². The van der Waals surface area contributed by atoms with Crippen LogP contribution in [0.4, 0.5) is 5.82 Å². The van der Waals surface area contributed by atoms with Gasteiger partial charge in [-0.3, -0.25) is 0 Å². The second-order valence-corrected chi connectivity index (χ2v) is 7.91. The molecule has 0 spiro atoms. The van der Waals surface area contributed by atoms with E-state index in [1.165, 1.54) is 55.5 Å². The summed E-state index contributed by atoms with van der Waals surface area (Å²) in [6.45, 7) is 7.09. The smallest absolute Gasteiger partial charge is 0.140 e. The predicted octanol–water partition coefficient (Wildman–Crippen LogP) is 3.71. The number of aromatic nitrogens is 2. The second kappa shape index (κ2) is 6.73. The van der Waals surface area contributed by atoms with Crippen molar-refractivity contribution < 1.29 is 0 Å². The Morgan fingerprint density at radius 3 is 2.61 bits per heavy atom. The number of fused-ring (bicyclic) bond motifs is 1. The summed E-state index contributed by atoms with van der Waals surface area (Å²) in [7, 11) is 0. The molecule has 2 aliphatic rings. The fraction of sp³-hybridized carbons (Fsp3) is 0.667. The van der Waals surface area contributed by atoms with E-state index in [0.717, 1.165) is 36.2 Å². The molecule has 0 N–H and O–H groups in total. The topological polar surface area (TPSA) is 32.3 Å². The lowest BCUT2D eigenvalue weighted by Gasteiger charge is -2.40. The minimum atomic E-state index is 0.789. The van der Waals surface area contributed by atoms with Crippen LogP contribution in [0.3, 0.4) is 0 Å². The van der Waals surface area contributed by atoms with Crippen molar-refractivity contribution >= 4 is 27.4 Å². The van der Waals surface area contributed by atoms with Crippen LogP contribution in [0.2, 0.25) is 0 Å². The molecule has 2 aromatic rings. The van der Waals surface area contributed by atoms with Gasteiger partial charge in [0.1, 0.15) is 17.0 Å². The third-order valence-electron chi connectivity index (χ3n) is 5.38. The lowest BCUT2D eigenvalue weighted by atomic mass is 10.00. The van der Waals surface area contributed by atoms with Crippen molar-refractivity contribution in [3.63, 3.8) is 0 Å². The van der Waals surface area contributed by atoms with Crippen LogP contribution in [0.15, 0.2) is 12.4 Å². The molecule has 2 aliphatic heterocycles. The highest BCUT2D eigenvalue weighted by atomic mass is 32.1. The first-order valence-corrected chi connectivity index (χ1v) is 9.89. The molecule has 4 nitrogen and oxygen atoms in total. The highest BCUT2D eigenvalue weighted by Gasteiger charge is 2.27. The van der Waals surface area contributed by atoms with Crippen LogP contribution < -0.4 is 4.90 Å². The van der Waals surface area contributed by atoms with E-state index in [4.69, 9.17) is 0 Å². The molecule has 2 aromatic heterocycles. The molecule has 2 saturated heterocycles. The third kappa shape index (κ3) is 3.09. The fourth-order valence-electron chi connectivity index (χ4n) is 4.05. The SMILES string of the molecule is CCc1cc2c(N3CCC(N4CCCCC4)CC3)ncnc2s1. The standard InChI is InChI=1S/C18H26N4S/c1-2-15-12-16-17(19-13-20-18(16)23-15)22-10-6-14(7-11-22)21-8-4-3-5-9-21/h12-14H,2-11H2,1H3. The maximum atomic E-state index is 4.62. The summed E-state index contributed by atoms with van der Waals surface area (Å²) < 4.78 is 0. The van der Waals surface area contributed by atoms with Gasteiger partial charge in [0.2, 0.25) is 0 Å². The highest BCUT2D eigenvalue weighted by molar-refractivity contribution is 7.18. The molecule has 0 aromatic carbocycles. The van der Waals surface area contributed by atoms with Crippen molar-refractivity contribution in [2.75, 3.05) is 31.1 Å². The molecule has 0 saturated carbocycles. The molecular weight excluding hydrogens is 304 g/mol. The van der Waals surface area contributed by atoms with E-state index in [0.29, 0.717) is 0 Å². The number of thiophene rings is 1. The Morgan fingerprint density at radius 1 is 1.09 bits per heavy atom. The van der Waals surface area contributed by atoms with Gasteiger partial charge in [-0.15, -0.1) is 11.3 Å². The van der Waals surface area contributed by atoms with Crippen LogP contribution >= 0.6 is 11.3 Å². The number of nitrogens with zero attached hydrogens (tertiary/aromatic N) is 4. The van der Waals surface area contributed by atoms with Gasteiger partial charge in [0.15, 0.2) is 0 Å². The van der Waals surface area contributed by atoms with Gasteiger partial charge in [-0.25, -0.2) is 9.97 Å². The Balaban J connectivity index is 1.48. The Morgan fingerprint density at radius 2 is 1.87 bits per heavy atom. The molecule has 124 valence electrons. The summed E-state index contributed by atoms with van der Waals surface area (Å²) in [6.07, 6.45) is 9.57. The summed E-state index contributed by atoms with van der Waals surface area (Å²) in [5, 5.41) is 1.26. The molecule has 0 aliphatic carbocycles. The number of anilines is 1. The molecule has 4 rings (SSSR count). The zero-order chi connectivity index (χ0) is 15.6. The Labute approximate surface area is 142 Å². The number of hydrogen-bond acceptors (Lipinski definition) is 5. The summed E-state index contributed by atoms with van der Waals surface area (Å²) in [6, 6.07) is 3.09. The predicted molar refractivity (Wildman–Crippen MR) is 97.5 cm³/mol. The molecule has 0 atom stereocenters. The lowest BCUT2D eigenvalue weighted by Crippen LogP contribution is -2.47. The zero-order valence-corrected chi connectivity index (χ0v) is 14.8. The first-order chi connectivity index (χ1) is 11.3. The van der Waals surface area contributed by atoms with E-state index in [9.17, 15) is 0 Å². The van der Waals surface area contributed by atoms with Gasteiger partial charge >= 0.3 is 0 Å². The molecule has 2 fully saturated rings. The van der Waals surface area contributed by atoms with Crippen molar-refractivity contribution in [2.45, 2.75) is 51.5 Å². The molecule has 0 radical (unpaired) electrons. The van der Waals surface area contributed by atoms with Crippen molar-refractivity contribution in [1.82, 2.24) is 14.9 Å². The van der Waals surface area contributed by atoms with Crippen molar-refractivity contribution in [2.24, 2.45) is 0 Å². The van der Waals surface area contributed by atoms with Crippen LogP contribution in [0.5, 0.6) is 0 Å². The maximum Gasteiger partial charge on any atom is 0.140 e. The molecule has 0 unspecified atom stereocenters. The quantitative estimate of drug-likeness (QED) is 0.859.